The van der Waals surface area contributed by atoms with Crippen molar-refractivity contribution in [2.75, 3.05) is 64.3 Å². The van der Waals surface area contributed by atoms with Gasteiger partial charge in [0.15, 0.2) is 44.3 Å². The summed E-state index contributed by atoms with van der Waals surface area (Å²) in [7, 11) is -8.40. The number of sulfone groups is 3. The van der Waals surface area contributed by atoms with Gasteiger partial charge >= 0.3 is 23.7 Å². The Morgan fingerprint density at radius 1 is 0.566 bits per heavy atom. The highest BCUT2D eigenvalue weighted by atomic mass is 32.2. The fourth-order valence-corrected chi connectivity index (χ4v) is 17.3. The summed E-state index contributed by atoms with van der Waals surface area (Å²) in [6.45, 7) is 2.35. The van der Waals surface area contributed by atoms with E-state index in [1.165, 1.54) is 82.7 Å². The summed E-state index contributed by atoms with van der Waals surface area (Å²) in [4.78, 5) is 50.8. The van der Waals surface area contributed by atoms with Crippen molar-refractivity contribution in [3.63, 3.8) is 0 Å². The molecular weight excluding hydrogens is 1430 g/mol. The Kier molecular flexibility index (Phi) is 20.1. The van der Waals surface area contributed by atoms with Gasteiger partial charge in [-0.05, 0) is 151 Å². The average Bonchev–Trinajstić information content (AvgIpc) is 1.52. The van der Waals surface area contributed by atoms with Crippen LogP contribution in [-0.4, -0.2) is 140 Å². The van der Waals surface area contributed by atoms with Crippen LogP contribution in [0.4, 0.5) is 13.2 Å². The molecule has 106 heavy (non-hydrogen) atoms. The molecule has 13 rings (SSSR count). The van der Waals surface area contributed by atoms with Crippen LogP contribution in [0, 0.1) is 12.7 Å². The minimum Gasteiger partial charge on any atom is -0.493 e. The van der Waals surface area contributed by atoms with Crippen LogP contribution in [-0.2, 0) is 48.1 Å². The van der Waals surface area contributed by atoms with Crippen molar-refractivity contribution < 1.29 is 71.6 Å². The zero-order valence-electron chi connectivity index (χ0n) is 58.6. The monoisotopic (exact) mass is 1510 g/mol. The van der Waals surface area contributed by atoms with Crippen LogP contribution in [0.15, 0.2) is 172 Å². The molecule has 0 aliphatic heterocycles. The number of imidazole rings is 3. The third-order valence-electron chi connectivity index (χ3n) is 18.8. The molecule has 3 N–H and O–H groups in total. The lowest BCUT2D eigenvalue weighted by Gasteiger charge is -2.22. The molecule has 30 heteroatoms. The molecule has 1 aliphatic rings. The quantitative estimate of drug-likeness (QED) is 0.0392. The summed E-state index contributed by atoms with van der Waals surface area (Å²) in [6.07, 6.45) is 5.34. The Bertz CT molecular complexity index is 5970. The number of rotatable bonds is 29. The number of halogens is 3. The van der Waals surface area contributed by atoms with Crippen LogP contribution in [0.3, 0.4) is 0 Å². The number of alkyl halides is 2. The fourth-order valence-electron chi connectivity index (χ4n) is 14.0. The van der Waals surface area contributed by atoms with Gasteiger partial charge in [0.05, 0.1) is 107 Å². The summed E-state index contributed by atoms with van der Waals surface area (Å²) in [6, 6.07) is 39.0. The van der Waals surface area contributed by atoms with Gasteiger partial charge in [-0.1, -0.05) is 66.7 Å². The number of aromatic amines is 3. The number of H-pyrrole nitrogens is 3. The molecule has 0 saturated heterocycles. The van der Waals surface area contributed by atoms with Crippen LogP contribution in [0.25, 0.3) is 66.6 Å². The Balaban J connectivity index is 0.735. The van der Waals surface area contributed by atoms with E-state index in [1.807, 2.05) is 44.2 Å². The summed E-state index contributed by atoms with van der Waals surface area (Å²) < 4.78 is 168. The Morgan fingerprint density at radius 2 is 1.11 bits per heavy atom. The number of hydrogen-bond donors (Lipinski definition) is 3. The molecule has 1 saturated carbocycles. The Morgan fingerprint density at radius 3 is 1.70 bits per heavy atom. The van der Waals surface area contributed by atoms with E-state index in [2.05, 4.69) is 29.9 Å². The molecule has 0 amide bonds. The van der Waals surface area contributed by atoms with Crippen molar-refractivity contribution in [2.24, 2.45) is 0 Å². The molecule has 0 radical (unpaired) electrons. The second kappa shape index (κ2) is 29.1. The fraction of sp³-hybridized carbons (Fsp3) is 0.276. The standard InChI is InChI=1S/C76H73F3N8O16S3/c1-9-99-65-32-44(29-31-101-68-38-51(20-27-63(68)98-5)76(39-69(76)106(8,95)96)87-59-24-17-49(35-56(59)83-75(87)90)71-43(3)28-30-80-84-71)14-21-52(65)45-15-22-57-54(33-45)81-73(88)85(57)60(41-104(6,91)92)47-18-25-62(97-4)66(36-47)102-40-50-12-11-13-53(70(50)77)46-16-23-58-55(34-46)82-74(89)86(58)61(42-105(7,93)94)48-19-26-64(103-72(78)79)67(37-48)100-10-2/h11-28,30,32-38,60-61,69,72H,9-10,29,31,39-42H2,1-8H3,(H,81,88)(H,82,89)(H,83,90)/t60-,61-,69+,76?/m0/s1. The van der Waals surface area contributed by atoms with Gasteiger partial charge in [0, 0.05) is 53.6 Å². The van der Waals surface area contributed by atoms with Gasteiger partial charge in [0.2, 0.25) is 0 Å². The highest BCUT2D eigenvalue weighted by Crippen LogP contribution is 2.55. The molecule has 8 aromatic carbocycles. The third kappa shape index (κ3) is 14.7. The van der Waals surface area contributed by atoms with Gasteiger partial charge in [-0.25, -0.2) is 44.0 Å². The van der Waals surface area contributed by atoms with Gasteiger partial charge in [0.1, 0.15) is 37.8 Å². The largest absolute Gasteiger partial charge is 0.493 e. The first-order chi connectivity index (χ1) is 50.6. The van der Waals surface area contributed by atoms with E-state index < -0.39 is 93.4 Å². The second-order valence-electron chi connectivity index (χ2n) is 26.0. The maximum absolute atomic E-state index is 16.9. The summed E-state index contributed by atoms with van der Waals surface area (Å²) in [5.41, 5.74) is 5.26. The van der Waals surface area contributed by atoms with Gasteiger partial charge in [-0.2, -0.15) is 19.0 Å². The van der Waals surface area contributed by atoms with Crippen molar-refractivity contribution >= 4 is 62.6 Å². The molecule has 4 aromatic heterocycles. The van der Waals surface area contributed by atoms with E-state index in [1.54, 1.807) is 85.9 Å². The molecular formula is C76H73F3N8O16S3. The normalized spacial score (nSPS) is 15.3. The Hall–Kier alpha value is -11.1. The summed E-state index contributed by atoms with van der Waals surface area (Å²) in [5.74, 6) is -0.604. The Labute approximate surface area is 606 Å². The van der Waals surface area contributed by atoms with Gasteiger partial charge < -0.3 is 48.1 Å². The van der Waals surface area contributed by atoms with Crippen molar-refractivity contribution in [3.8, 4) is 73.8 Å². The van der Waals surface area contributed by atoms with E-state index in [9.17, 15) is 48.4 Å². The molecule has 552 valence electrons. The number of benzene rings is 8. The van der Waals surface area contributed by atoms with Gasteiger partial charge in [0.25, 0.3) is 0 Å². The molecule has 24 nitrogen and oxygen atoms in total. The topological polar surface area (TPSA) is 306 Å². The molecule has 1 aliphatic carbocycles. The first kappa shape index (κ1) is 73.2. The number of methoxy groups -OCH3 is 2. The molecule has 1 unspecified atom stereocenters. The predicted octanol–water partition coefficient (Wildman–Crippen LogP) is 11.3. The number of hydrogen-bond acceptors (Lipinski definition) is 18. The number of ether oxygens (including phenoxy) is 7. The van der Waals surface area contributed by atoms with Crippen LogP contribution in [0.1, 0.15) is 65.7 Å². The lowest BCUT2D eigenvalue weighted by atomic mass is 10.0. The number of nitrogens with one attached hydrogen (secondary N) is 3. The van der Waals surface area contributed by atoms with E-state index in [0.717, 1.165) is 29.2 Å². The highest BCUT2D eigenvalue weighted by molar-refractivity contribution is 7.91. The second-order valence-corrected chi connectivity index (χ2v) is 32.6. The molecule has 12 aromatic rings. The minimum absolute atomic E-state index is 0.0616. The number of aryl methyl sites for hydroxylation is 1. The van der Waals surface area contributed by atoms with Crippen molar-refractivity contribution in [2.45, 2.75) is 69.7 Å². The van der Waals surface area contributed by atoms with Gasteiger partial charge in [-0.15, -0.1) is 0 Å². The maximum Gasteiger partial charge on any atom is 0.387 e. The summed E-state index contributed by atoms with van der Waals surface area (Å²) in [5, 5.41) is 7.40. The first-order valence-electron chi connectivity index (χ1n) is 33.5. The number of nitrogens with zero attached hydrogens (tertiary/aromatic N) is 5. The van der Waals surface area contributed by atoms with E-state index in [0.29, 0.717) is 85.9 Å². The van der Waals surface area contributed by atoms with Crippen molar-refractivity contribution in [1.29, 1.82) is 0 Å². The lowest BCUT2D eigenvalue weighted by molar-refractivity contribution is -0.0514. The van der Waals surface area contributed by atoms with Gasteiger partial charge in [-0.3, -0.25) is 13.7 Å². The predicted molar refractivity (Wildman–Crippen MR) is 395 cm³/mol. The van der Waals surface area contributed by atoms with Crippen LogP contribution >= 0.6 is 0 Å². The third-order valence-corrected chi connectivity index (χ3v) is 22.3. The van der Waals surface area contributed by atoms with E-state index in [4.69, 9.17) is 28.4 Å². The molecule has 1 fully saturated rings. The van der Waals surface area contributed by atoms with Crippen LogP contribution < -0.4 is 50.2 Å². The smallest absolute Gasteiger partial charge is 0.387 e. The molecule has 4 atom stereocenters. The van der Waals surface area contributed by atoms with E-state index in [-0.39, 0.29) is 77.0 Å². The van der Waals surface area contributed by atoms with Crippen LogP contribution in [0.5, 0.6) is 40.2 Å². The molecule has 0 bridgehead atoms. The number of aromatic nitrogens is 8. The maximum atomic E-state index is 16.9. The highest BCUT2D eigenvalue weighted by Gasteiger charge is 2.64. The van der Waals surface area contributed by atoms with Crippen LogP contribution in [0.2, 0.25) is 0 Å². The van der Waals surface area contributed by atoms with Crippen molar-refractivity contribution in [3.05, 3.63) is 229 Å². The lowest BCUT2D eigenvalue weighted by Crippen LogP contribution is -2.34. The SMILES string of the molecule is CCOc1cc([C@H](CS(C)(=O)=O)n2c(=O)[nH]c3cc(-c4cccc(COc5cc([C@H](CS(C)(=O)=O)n6c(=O)[nH]c7cc(-c8ccc(CCOc9cc(C%10(n%11c(=O)[nH]c%12cc(-c%13nnccc%13C)ccc%12%11)C[C@H]%10S(C)(=O)=O)ccc9OC)cc8OCC)ccc76)ccc5OC)c4F)ccc32)ccc1OC(F)F. The zero-order valence-corrected chi connectivity index (χ0v) is 61.1. The summed E-state index contributed by atoms with van der Waals surface area (Å²) >= 11 is 0. The minimum atomic E-state index is -3.82. The number of fused-ring (bicyclic) bond motifs is 3. The molecule has 0 spiro atoms. The van der Waals surface area contributed by atoms with E-state index >= 15 is 4.39 Å². The average molecular weight is 1510 g/mol. The molecule has 4 heterocycles. The first-order valence-corrected chi connectivity index (χ1v) is 39.6. The zero-order chi connectivity index (χ0) is 75.3. The van der Waals surface area contributed by atoms with Crippen molar-refractivity contribution in [1.82, 2.24) is 38.9 Å².